The molecule has 3 rings (SSSR count). The second-order valence-electron chi connectivity index (χ2n) is 5.88. The number of ether oxygens (including phenoxy) is 1. The highest BCUT2D eigenvalue weighted by molar-refractivity contribution is 7.99. The van der Waals surface area contributed by atoms with E-state index in [1.807, 2.05) is 30.5 Å². The van der Waals surface area contributed by atoms with Gasteiger partial charge in [-0.05, 0) is 19.1 Å². The number of rotatable bonds is 7. The SMILES string of the molecule is Cc1nc(CCNC(=O)[C@H]2CSCN2C(=O)COc2ccccc2)cs1. The lowest BCUT2D eigenvalue weighted by atomic mass is 10.2. The van der Waals surface area contributed by atoms with E-state index in [2.05, 4.69) is 10.3 Å². The van der Waals surface area contributed by atoms with E-state index in [0.29, 0.717) is 30.3 Å². The predicted molar refractivity (Wildman–Crippen MR) is 103 cm³/mol. The van der Waals surface area contributed by atoms with Crippen molar-refractivity contribution < 1.29 is 14.3 Å². The van der Waals surface area contributed by atoms with Crippen LogP contribution in [0, 0.1) is 6.92 Å². The maximum atomic E-state index is 12.5. The summed E-state index contributed by atoms with van der Waals surface area (Å²) in [7, 11) is 0. The fraction of sp³-hybridized carbons (Fsp3) is 0.389. The van der Waals surface area contributed by atoms with Crippen LogP contribution in [0.2, 0.25) is 0 Å². The third-order valence-corrected chi connectivity index (χ3v) is 5.79. The quantitative estimate of drug-likeness (QED) is 0.783. The molecule has 138 valence electrons. The molecule has 0 unspecified atom stereocenters. The molecular formula is C18H21N3O3S2. The standard InChI is InChI=1S/C18H21N3O3S2/c1-13-20-14(10-26-13)7-8-19-18(23)16-11-25-12-21(16)17(22)9-24-15-5-3-2-4-6-15/h2-6,10,16H,7-9,11-12H2,1H3,(H,19,23)/t16-/m1/s1. The lowest BCUT2D eigenvalue weighted by Gasteiger charge is -2.23. The molecular weight excluding hydrogens is 370 g/mol. The van der Waals surface area contributed by atoms with E-state index in [9.17, 15) is 9.59 Å². The molecule has 6 nitrogen and oxygen atoms in total. The van der Waals surface area contributed by atoms with Crippen LogP contribution in [0.15, 0.2) is 35.7 Å². The summed E-state index contributed by atoms with van der Waals surface area (Å²) < 4.78 is 5.51. The second kappa shape index (κ2) is 9.05. The third-order valence-electron chi connectivity index (χ3n) is 3.96. The highest BCUT2D eigenvalue weighted by Crippen LogP contribution is 2.21. The molecule has 8 heteroatoms. The van der Waals surface area contributed by atoms with Gasteiger partial charge in [-0.3, -0.25) is 9.59 Å². The molecule has 0 aliphatic carbocycles. The molecule has 1 saturated heterocycles. The Hall–Kier alpha value is -2.06. The van der Waals surface area contributed by atoms with Crippen LogP contribution in [0.1, 0.15) is 10.7 Å². The van der Waals surface area contributed by atoms with Crippen molar-refractivity contribution in [3.05, 3.63) is 46.4 Å². The van der Waals surface area contributed by atoms with E-state index in [1.54, 1.807) is 40.1 Å². The zero-order chi connectivity index (χ0) is 18.4. The van der Waals surface area contributed by atoms with Crippen LogP contribution < -0.4 is 10.1 Å². The van der Waals surface area contributed by atoms with Gasteiger partial charge in [0.05, 0.1) is 16.6 Å². The Morgan fingerprint density at radius 3 is 2.88 bits per heavy atom. The number of hydrogen-bond acceptors (Lipinski definition) is 6. The first-order valence-electron chi connectivity index (χ1n) is 8.37. The van der Waals surface area contributed by atoms with Crippen molar-refractivity contribution in [2.45, 2.75) is 19.4 Å². The van der Waals surface area contributed by atoms with Gasteiger partial charge >= 0.3 is 0 Å². The zero-order valence-corrected chi connectivity index (χ0v) is 16.1. The number of nitrogens with one attached hydrogen (secondary N) is 1. The molecule has 1 aliphatic rings. The van der Waals surface area contributed by atoms with E-state index >= 15 is 0 Å². The summed E-state index contributed by atoms with van der Waals surface area (Å²) in [5, 5.41) is 5.94. The van der Waals surface area contributed by atoms with Crippen molar-refractivity contribution >= 4 is 34.9 Å². The van der Waals surface area contributed by atoms with Gasteiger partial charge in [0, 0.05) is 24.1 Å². The van der Waals surface area contributed by atoms with E-state index < -0.39 is 6.04 Å². The zero-order valence-electron chi connectivity index (χ0n) is 14.5. The Bertz CT molecular complexity index is 751. The van der Waals surface area contributed by atoms with Crippen molar-refractivity contribution in [3.63, 3.8) is 0 Å². The first-order chi connectivity index (χ1) is 12.6. The van der Waals surface area contributed by atoms with Crippen LogP contribution in [-0.4, -0.2) is 52.5 Å². The number of benzene rings is 1. The van der Waals surface area contributed by atoms with E-state index in [0.717, 1.165) is 10.7 Å². The molecule has 1 atom stereocenters. The minimum atomic E-state index is -0.441. The van der Waals surface area contributed by atoms with Gasteiger partial charge in [-0.2, -0.15) is 0 Å². The normalized spacial score (nSPS) is 16.5. The lowest BCUT2D eigenvalue weighted by Crippen LogP contribution is -2.48. The van der Waals surface area contributed by atoms with Crippen molar-refractivity contribution in [1.82, 2.24) is 15.2 Å². The van der Waals surface area contributed by atoms with Gasteiger partial charge in [0.2, 0.25) is 5.91 Å². The predicted octanol–water partition coefficient (Wildman–Crippen LogP) is 2.09. The lowest BCUT2D eigenvalue weighted by molar-refractivity contribution is -0.139. The molecule has 2 amide bonds. The molecule has 1 aliphatic heterocycles. The number of carbonyl (C=O) groups is 2. The Morgan fingerprint density at radius 1 is 1.35 bits per heavy atom. The van der Waals surface area contributed by atoms with Gasteiger partial charge in [-0.1, -0.05) is 18.2 Å². The summed E-state index contributed by atoms with van der Waals surface area (Å²) in [6.07, 6.45) is 0.695. The molecule has 0 bridgehead atoms. The molecule has 1 aromatic carbocycles. The van der Waals surface area contributed by atoms with Crippen molar-refractivity contribution in [2.24, 2.45) is 0 Å². The summed E-state index contributed by atoms with van der Waals surface area (Å²) in [6.45, 7) is 2.42. The molecule has 0 spiro atoms. The van der Waals surface area contributed by atoms with E-state index in [-0.39, 0.29) is 18.4 Å². The highest BCUT2D eigenvalue weighted by atomic mass is 32.2. The average Bonchev–Trinajstić information content (AvgIpc) is 3.29. The van der Waals surface area contributed by atoms with Crippen molar-refractivity contribution in [2.75, 3.05) is 24.8 Å². The molecule has 1 fully saturated rings. The van der Waals surface area contributed by atoms with Crippen LogP contribution in [-0.2, 0) is 16.0 Å². The van der Waals surface area contributed by atoms with Crippen LogP contribution in [0.3, 0.4) is 0 Å². The van der Waals surface area contributed by atoms with E-state index in [4.69, 9.17) is 4.74 Å². The monoisotopic (exact) mass is 391 g/mol. The Morgan fingerprint density at radius 2 is 2.15 bits per heavy atom. The summed E-state index contributed by atoms with van der Waals surface area (Å²) in [5.74, 6) is 1.48. The first kappa shape index (κ1) is 18.7. The number of thiazole rings is 1. The molecule has 0 radical (unpaired) electrons. The van der Waals surface area contributed by atoms with Crippen molar-refractivity contribution in [3.8, 4) is 5.75 Å². The highest BCUT2D eigenvalue weighted by Gasteiger charge is 2.34. The maximum absolute atomic E-state index is 12.5. The molecule has 1 N–H and O–H groups in total. The number of amides is 2. The average molecular weight is 392 g/mol. The molecule has 0 saturated carbocycles. The number of nitrogens with zero attached hydrogens (tertiary/aromatic N) is 2. The van der Waals surface area contributed by atoms with Crippen LogP contribution in [0.5, 0.6) is 5.75 Å². The fourth-order valence-corrected chi connectivity index (χ4v) is 4.43. The van der Waals surface area contributed by atoms with Gasteiger partial charge in [0.25, 0.3) is 5.91 Å². The van der Waals surface area contributed by atoms with Gasteiger partial charge < -0.3 is 15.0 Å². The Balaban J connectivity index is 1.47. The Labute approximate surface area is 160 Å². The fourth-order valence-electron chi connectivity index (χ4n) is 2.61. The first-order valence-corrected chi connectivity index (χ1v) is 10.4. The summed E-state index contributed by atoms with van der Waals surface area (Å²) in [6, 6.07) is 8.76. The van der Waals surface area contributed by atoms with Crippen molar-refractivity contribution in [1.29, 1.82) is 0 Å². The number of carbonyl (C=O) groups excluding carboxylic acids is 2. The smallest absolute Gasteiger partial charge is 0.261 e. The maximum Gasteiger partial charge on any atom is 0.261 e. The van der Waals surface area contributed by atoms with E-state index in [1.165, 1.54) is 0 Å². The molecule has 2 aromatic rings. The van der Waals surface area contributed by atoms with Gasteiger partial charge in [0.1, 0.15) is 11.8 Å². The summed E-state index contributed by atoms with van der Waals surface area (Å²) >= 11 is 3.18. The molecule has 1 aromatic heterocycles. The van der Waals surface area contributed by atoms with Crippen LogP contribution >= 0.6 is 23.1 Å². The number of hydrogen-bond donors (Lipinski definition) is 1. The number of aromatic nitrogens is 1. The van der Waals surface area contributed by atoms with Gasteiger partial charge in [0.15, 0.2) is 6.61 Å². The van der Waals surface area contributed by atoms with Crippen LogP contribution in [0.4, 0.5) is 0 Å². The minimum Gasteiger partial charge on any atom is -0.484 e. The molecule has 2 heterocycles. The minimum absolute atomic E-state index is 0.0630. The summed E-state index contributed by atoms with van der Waals surface area (Å²) in [5.41, 5.74) is 0.984. The topological polar surface area (TPSA) is 71.5 Å². The largest absolute Gasteiger partial charge is 0.484 e. The summed E-state index contributed by atoms with van der Waals surface area (Å²) in [4.78, 5) is 30.9. The molecule has 26 heavy (non-hydrogen) atoms. The third kappa shape index (κ3) is 4.98. The van der Waals surface area contributed by atoms with Gasteiger partial charge in [-0.15, -0.1) is 23.1 Å². The Kier molecular flexibility index (Phi) is 6.51. The number of aryl methyl sites for hydroxylation is 1. The number of para-hydroxylation sites is 1. The van der Waals surface area contributed by atoms with Crippen LogP contribution in [0.25, 0.3) is 0 Å². The number of thioether (sulfide) groups is 1. The van der Waals surface area contributed by atoms with Gasteiger partial charge in [-0.25, -0.2) is 4.98 Å². The second-order valence-corrected chi connectivity index (χ2v) is 7.94.